The molecule has 0 saturated carbocycles. The van der Waals surface area contributed by atoms with Gasteiger partial charge in [-0.3, -0.25) is 0 Å². The zero-order chi connectivity index (χ0) is 15.2. The molecule has 0 aromatic rings. The van der Waals surface area contributed by atoms with Crippen LogP contribution in [-0.4, -0.2) is 27.6 Å². The van der Waals surface area contributed by atoms with Gasteiger partial charge in [0.15, 0.2) is 0 Å². The summed E-state index contributed by atoms with van der Waals surface area (Å²) in [5.74, 6) is -0.489. The van der Waals surface area contributed by atoms with Crippen LogP contribution in [0.15, 0.2) is 25.6 Å². The van der Waals surface area contributed by atoms with Gasteiger partial charge in [-0.2, -0.15) is 0 Å². The van der Waals surface area contributed by atoms with Gasteiger partial charge >= 0.3 is 0 Å². The number of hydrogen-bond acceptors (Lipinski definition) is 2. The molecule has 1 aliphatic rings. The lowest BCUT2D eigenvalue weighted by molar-refractivity contribution is 0.659. The van der Waals surface area contributed by atoms with E-state index in [-0.39, 0.29) is 10.7 Å². The van der Waals surface area contributed by atoms with Crippen molar-refractivity contribution in [1.29, 1.82) is 0 Å². The molecular formula is C12H19ClFN2SSi2-. The summed E-state index contributed by atoms with van der Waals surface area (Å²) < 4.78 is 18.4. The van der Waals surface area contributed by atoms with Crippen molar-refractivity contribution in [3.63, 3.8) is 0 Å². The molecule has 0 spiro atoms. The van der Waals surface area contributed by atoms with Crippen molar-refractivity contribution in [1.82, 2.24) is 0 Å². The molecule has 0 amide bonds. The predicted molar refractivity (Wildman–Crippen MR) is 92.5 cm³/mol. The highest BCUT2D eigenvalue weighted by Crippen LogP contribution is 2.38. The van der Waals surface area contributed by atoms with E-state index in [0.29, 0.717) is 16.1 Å². The molecule has 1 rings (SSSR count). The summed E-state index contributed by atoms with van der Waals surface area (Å²) >= 11 is 10.1. The zero-order valence-corrected chi connectivity index (χ0v) is 15.7. The fraction of sp³-hybridized carbons (Fsp3) is 0.500. The summed E-state index contributed by atoms with van der Waals surface area (Å²) in [6.07, 6.45) is 0. The van der Waals surface area contributed by atoms with E-state index in [9.17, 15) is 9.80 Å². The maximum absolute atomic E-state index is 14.6. The molecule has 0 aromatic heterocycles. The second kappa shape index (κ2) is 5.31. The SMILES string of the molecule is C[Si](C)(C)C1=C(F)C(Cl)=C([Si](C)(C)C)C(=NS)C1=[N-]. The van der Waals surface area contributed by atoms with Crippen molar-refractivity contribution in [3.05, 3.63) is 26.7 Å². The number of rotatable bonds is 2. The molecule has 2 nitrogen and oxygen atoms in total. The third kappa shape index (κ3) is 3.12. The second-order valence-electron chi connectivity index (χ2n) is 6.68. The summed E-state index contributed by atoms with van der Waals surface area (Å²) in [4.78, 5) is 0. The fourth-order valence-electron chi connectivity index (χ4n) is 2.13. The summed E-state index contributed by atoms with van der Waals surface area (Å²) in [5.41, 5.74) is 0.250. The Morgan fingerprint density at radius 2 is 1.47 bits per heavy atom. The van der Waals surface area contributed by atoms with Gasteiger partial charge in [0, 0.05) is 0 Å². The van der Waals surface area contributed by atoms with Crippen LogP contribution in [0.4, 0.5) is 4.39 Å². The van der Waals surface area contributed by atoms with Crippen molar-refractivity contribution < 1.29 is 4.39 Å². The molecule has 0 unspecified atom stereocenters. The van der Waals surface area contributed by atoms with E-state index in [1.165, 1.54) is 0 Å². The average molecular weight is 334 g/mol. The quantitative estimate of drug-likeness (QED) is 0.429. The average Bonchev–Trinajstić information content (AvgIpc) is 2.19. The van der Waals surface area contributed by atoms with E-state index in [0.717, 1.165) is 0 Å². The molecule has 0 fully saturated rings. The number of halogens is 2. The number of thiol groups is 1. The highest BCUT2D eigenvalue weighted by atomic mass is 35.5. The van der Waals surface area contributed by atoms with Crippen LogP contribution in [0.25, 0.3) is 5.41 Å². The van der Waals surface area contributed by atoms with Crippen LogP contribution in [0, 0.1) is 0 Å². The van der Waals surface area contributed by atoms with Gasteiger partial charge in [0.1, 0.15) is 5.83 Å². The highest BCUT2D eigenvalue weighted by molar-refractivity contribution is 7.79. The molecule has 0 bridgehead atoms. The summed E-state index contributed by atoms with van der Waals surface area (Å²) in [6.45, 7) is 12.0. The van der Waals surface area contributed by atoms with Crippen molar-refractivity contribution in [2.45, 2.75) is 39.3 Å². The molecule has 7 heteroatoms. The van der Waals surface area contributed by atoms with Crippen LogP contribution in [0.3, 0.4) is 0 Å². The first-order valence-electron chi connectivity index (χ1n) is 6.03. The normalized spacial score (nSPS) is 20.7. The van der Waals surface area contributed by atoms with Crippen molar-refractivity contribution >= 4 is 52.0 Å². The van der Waals surface area contributed by atoms with Gasteiger partial charge in [-0.15, -0.1) is 5.71 Å². The van der Waals surface area contributed by atoms with Crippen LogP contribution in [-0.2, 0) is 0 Å². The Balaban J connectivity index is 3.72. The van der Waals surface area contributed by atoms with E-state index in [1.54, 1.807) is 0 Å². The lowest BCUT2D eigenvalue weighted by Crippen LogP contribution is -2.42. The molecule has 0 aliphatic heterocycles. The van der Waals surface area contributed by atoms with Crippen molar-refractivity contribution in [3.8, 4) is 0 Å². The van der Waals surface area contributed by atoms with E-state index >= 15 is 0 Å². The molecule has 0 atom stereocenters. The summed E-state index contributed by atoms with van der Waals surface area (Å²) in [6, 6.07) is 0. The first kappa shape index (κ1) is 16.9. The standard InChI is InChI=1S/C12H19ClFN2SSi2/c1-18(2,3)11-7(13)8(14)12(19(4,5)6)9(15)10(11)16-17/h17H,1-6H3/q-1. The van der Waals surface area contributed by atoms with Crippen LogP contribution >= 0.6 is 24.4 Å². The Hall–Kier alpha value is -0.176. The lowest BCUT2D eigenvalue weighted by Gasteiger charge is -2.37. The van der Waals surface area contributed by atoms with Gasteiger partial charge in [0.25, 0.3) is 0 Å². The van der Waals surface area contributed by atoms with Gasteiger partial charge in [-0.05, 0) is 23.2 Å². The zero-order valence-electron chi connectivity index (χ0n) is 12.1. The van der Waals surface area contributed by atoms with Crippen LogP contribution in [0.1, 0.15) is 0 Å². The second-order valence-corrected chi connectivity index (χ2v) is 17.3. The molecule has 0 heterocycles. The van der Waals surface area contributed by atoms with Crippen LogP contribution in [0.2, 0.25) is 39.3 Å². The molecule has 1 aliphatic carbocycles. The molecule has 0 saturated heterocycles. The lowest BCUT2D eigenvalue weighted by atomic mass is 10.1. The Kier molecular flexibility index (Phi) is 4.72. The maximum Gasteiger partial charge on any atom is 0.139 e. The van der Waals surface area contributed by atoms with E-state index in [2.05, 4.69) is 17.2 Å². The monoisotopic (exact) mass is 333 g/mol. The number of hydrogen-bond donors (Lipinski definition) is 1. The van der Waals surface area contributed by atoms with Gasteiger partial charge < -0.3 is 5.41 Å². The minimum atomic E-state index is -2.07. The first-order chi connectivity index (χ1) is 8.42. The van der Waals surface area contributed by atoms with Crippen molar-refractivity contribution in [2.75, 3.05) is 0 Å². The minimum absolute atomic E-state index is 0.0894. The largest absolute Gasteiger partial charge is 0.802 e. The Bertz CT molecular complexity index is 525. The Morgan fingerprint density at radius 1 is 1.05 bits per heavy atom. The van der Waals surface area contributed by atoms with Crippen LogP contribution < -0.4 is 0 Å². The Labute approximate surface area is 126 Å². The molecule has 106 valence electrons. The first-order valence-corrected chi connectivity index (χ1v) is 13.8. The smallest absolute Gasteiger partial charge is 0.139 e. The Morgan fingerprint density at radius 3 is 1.79 bits per heavy atom. The molecule has 0 aromatic carbocycles. The topological polar surface area (TPSA) is 34.7 Å². The predicted octanol–water partition coefficient (Wildman–Crippen LogP) is 4.77. The number of nitrogens with zero attached hydrogens (tertiary/aromatic N) is 2. The fourth-order valence-corrected chi connectivity index (χ4v) is 6.80. The van der Waals surface area contributed by atoms with Crippen LogP contribution in [0.5, 0.6) is 0 Å². The van der Waals surface area contributed by atoms with Gasteiger partial charge in [-0.25, -0.2) is 8.79 Å². The molecule has 0 radical (unpaired) electrons. The molecular weight excluding hydrogens is 315 g/mol. The minimum Gasteiger partial charge on any atom is -0.802 e. The molecule has 19 heavy (non-hydrogen) atoms. The van der Waals surface area contributed by atoms with E-state index in [4.69, 9.17) is 11.6 Å². The van der Waals surface area contributed by atoms with E-state index in [1.807, 2.05) is 39.3 Å². The summed E-state index contributed by atoms with van der Waals surface area (Å²) in [5, 5.41) is 11.4. The van der Waals surface area contributed by atoms with E-state index < -0.39 is 22.0 Å². The van der Waals surface area contributed by atoms with Gasteiger partial charge in [0.05, 0.1) is 26.9 Å². The number of allylic oxidation sites excluding steroid dienone is 4. The third-order valence-electron chi connectivity index (χ3n) is 2.93. The molecule has 0 N–H and O–H groups in total. The highest BCUT2D eigenvalue weighted by Gasteiger charge is 2.37. The van der Waals surface area contributed by atoms with Crippen molar-refractivity contribution in [2.24, 2.45) is 4.40 Å². The van der Waals surface area contributed by atoms with Gasteiger partial charge in [-0.1, -0.05) is 50.9 Å². The maximum atomic E-state index is 14.6. The third-order valence-corrected chi connectivity index (χ3v) is 7.59. The van der Waals surface area contributed by atoms with Gasteiger partial charge in [0.2, 0.25) is 0 Å². The summed E-state index contributed by atoms with van der Waals surface area (Å²) in [7, 11) is -4.02.